The molecule has 134 valence electrons. The summed E-state index contributed by atoms with van der Waals surface area (Å²) < 4.78 is 45.7. The monoisotopic (exact) mass is 356 g/mol. The molecule has 0 radical (unpaired) electrons. The highest BCUT2D eigenvalue weighted by atomic mass is 32.2. The van der Waals surface area contributed by atoms with Crippen molar-refractivity contribution in [3.63, 3.8) is 0 Å². The fourth-order valence-corrected chi connectivity index (χ4v) is 5.20. The summed E-state index contributed by atoms with van der Waals surface area (Å²) in [5.74, 6) is 0.125. The first-order valence-corrected chi connectivity index (χ1v) is 9.97. The van der Waals surface area contributed by atoms with Gasteiger partial charge in [0.25, 0.3) is 0 Å². The highest BCUT2D eigenvalue weighted by Crippen LogP contribution is 2.26. The first kappa shape index (κ1) is 17.8. The van der Waals surface area contributed by atoms with Crippen molar-refractivity contribution in [1.82, 2.24) is 9.21 Å². The van der Waals surface area contributed by atoms with Gasteiger partial charge in [0.05, 0.1) is 18.1 Å². The quantitative estimate of drug-likeness (QED) is 0.826. The molecule has 0 aliphatic carbocycles. The second kappa shape index (κ2) is 7.47. The van der Waals surface area contributed by atoms with Crippen molar-refractivity contribution in [1.29, 1.82) is 0 Å². The van der Waals surface area contributed by atoms with Crippen LogP contribution < -0.4 is 0 Å². The lowest BCUT2D eigenvalue weighted by Gasteiger charge is -2.35. The summed E-state index contributed by atoms with van der Waals surface area (Å²) in [5.41, 5.74) is 0.463. The molecule has 3 rings (SSSR count). The molecule has 1 aromatic rings. The Morgan fingerprint density at radius 3 is 2.46 bits per heavy atom. The third-order valence-electron chi connectivity index (χ3n) is 4.95. The summed E-state index contributed by atoms with van der Waals surface area (Å²) in [6, 6.07) is 3.86. The number of benzene rings is 1. The molecule has 0 spiro atoms. The predicted molar refractivity (Wildman–Crippen MR) is 89.9 cm³/mol. The fraction of sp³-hybridized carbons (Fsp3) is 0.647. The molecule has 2 aliphatic rings. The van der Waals surface area contributed by atoms with E-state index in [0.29, 0.717) is 24.6 Å². The Labute approximate surface area is 143 Å². The minimum absolute atomic E-state index is 0.218. The van der Waals surface area contributed by atoms with Gasteiger partial charge in [0.2, 0.25) is 10.0 Å². The zero-order valence-electron chi connectivity index (χ0n) is 14.1. The van der Waals surface area contributed by atoms with Gasteiger partial charge in [-0.15, -0.1) is 0 Å². The molecule has 2 fully saturated rings. The molecule has 0 unspecified atom stereocenters. The van der Waals surface area contributed by atoms with Gasteiger partial charge in [-0.25, -0.2) is 12.8 Å². The molecule has 5 nitrogen and oxygen atoms in total. The zero-order chi connectivity index (χ0) is 17.2. The van der Waals surface area contributed by atoms with Gasteiger partial charge < -0.3 is 4.74 Å². The van der Waals surface area contributed by atoms with E-state index in [0.717, 1.165) is 45.7 Å². The van der Waals surface area contributed by atoms with E-state index in [-0.39, 0.29) is 4.90 Å². The molecule has 2 aliphatic heterocycles. The summed E-state index contributed by atoms with van der Waals surface area (Å²) in [7, 11) is -3.53. The number of nitrogens with zero attached hydrogens (tertiary/aromatic N) is 2. The van der Waals surface area contributed by atoms with Crippen LogP contribution in [0.2, 0.25) is 0 Å². The Morgan fingerprint density at radius 2 is 1.83 bits per heavy atom. The van der Waals surface area contributed by atoms with Crippen LogP contribution in [0.3, 0.4) is 0 Å². The molecule has 24 heavy (non-hydrogen) atoms. The molecule has 0 bridgehead atoms. The lowest BCUT2D eigenvalue weighted by Crippen LogP contribution is -2.44. The van der Waals surface area contributed by atoms with Gasteiger partial charge in [0.15, 0.2) is 0 Å². The third-order valence-corrected chi connectivity index (χ3v) is 7.01. The molecular weight excluding hydrogens is 331 g/mol. The van der Waals surface area contributed by atoms with Gasteiger partial charge in [-0.1, -0.05) is 0 Å². The van der Waals surface area contributed by atoms with Crippen LogP contribution in [0.15, 0.2) is 23.1 Å². The average molecular weight is 356 g/mol. The maximum Gasteiger partial charge on any atom is 0.243 e. The molecular formula is C17H25FN2O3S. The number of hydrogen-bond donors (Lipinski definition) is 0. The Bertz CT molecular complexity index is 666. The van der Waals surface area contributed by atoms with Crippen molar-refractivity contribution < 1.29 is 17.5 Å². The lowest BCUT2D eigenvalue weighted by molar-refractivity contribution is 0.0269. The van der Waals surface area contributed by atoms with Crippen LogP contribution in [0.1, 0.15) is 18.4 Å². The molecule has 1 aromatic carbocycles. The zero-order valence-corrected chi connectivity index (χ0v) is 14.9. The van der Waals surface area contributed by atoms with E-state index >= 15 is 0 Å². The van der Waals surface area contributed by atoms with Crippen LogP contribution in [0.5, 0.6) is 0 Å². The van der Waals surface area contributed by atoms with Crippen LogP contribution in [0, 0.1) is 18.7 Å². The van der Waals surface area contributed by atoms with Crippen molar-refractivity contribution >= 4 is 10.0 Å². The minimum atomic E-state index is -3.53. The van der Waals surface area contributed by atoms with Crippen LogP contribution >= 0.6 is 0 Å². The predicted octanol–water partition coefficient (Wildman–Crippen LogP) is 1.87. The average Bonchev–Trinajstić information content (AvgIpc) is 2.56. The van der Waals surface area contributed by atoms with E-state index in [4.69, 9.17) is 4.74 Å². The fourth-order valence-electron chi connectivity index (χ4n) is 3.52. The number of halogens is 1. The van der Waals surface area contributed by atoms with Gasteiger partial charge in [0.1, 0.15) is 5.82 Å². The second-order valence-corrected chi connectivity index (χ2v) is 8.58. The maximum atomic E-state index is 13.2. The first-order valence-electron chi connectivity index (χ1n) is 8.53. The van der Waals surface area contributed by atoms with E-state index in [2.05, 4.69) is 4.90 Å². The van der Waals surface area contributed by atoms with E-state index in [9.17, 15) is 12.8 Å². The first-order chi connectivity index (χ1) is 11.5. The number of hydrogen-bond acceptors (Lipinski definition) is 4. The Hall–Kier alpha value is -1.02. The van der Waals surface area contributed by atoms with Crippen molar-refractivity contribution in [2.24, 2.45) is 5.92 Å². The summed E-state index contributed by atoms with van der Waals surface area (Å²) in [6.07, 6.45) is 1.74. The lowest BCUT2D eigenvalue weighted by atomic mass is 9.97. The number of rotatable bonds is 4. The number of piperidine rings is 1. The molecule has 2 heterocycles. The Balaban J connectivity index is 1.61. The van der Waals surface area contributed by atoms with E-state index in [1.807, 2.05) is 0 Å². The van der Waals surface area contributed by atoms with Crippen molar-refractivity contribution in [2.75, 3.05) is 45.9 Å². The molecule has 0 saturated carbocycles. The summed E-state index contributed by atoms with van der Waals surface area (Å²) >= 11 is 0. The molecule has 0 aromatic heterocycles. The summed E-state index contributed by atoms with van der Waals surface area (Å²) in [6.45, 7) is 7.24. The van der Waals surface area contributed by atoms with Gasteiger partial charge >= 0.3 is 0 Å². The van der Waals surface area contributed by atoms with Gasteiger partial charge in [-0.3, -0.25) is 4.90 Å². The van der Waals surface area contributed by atoms with Crippen molar-refractivity contribution in [3.05, 3.63) is 29.6 Å². The molecule has 0 N–H and O–H groups in total. The van der Waals surface area contributed by atoms with Crippen LogP contribution in [-0.2, 0) is 14.8 Å². The smallest absolute Gasteiger partial charge is 0.243 e. The van der Waals surface area contributed by atoms with Crippen LogP contribution in [0.4, 0.5) is 4.39 Å². The number of morpholine rings is 1. The summed E-state index contributed by atoms with van der Waals surface area (Å²) in [4.78, 5) is 2.62. The summed E-state index contributed by atoms with van der Waals surface area (Å²) in [5, 5.41) is 0. The largest absolute Gasteiger partial charge is 0.379 e. The van der Waals surface area contributed by atoms with Gasteiger partial charge in [-0.2, -0.15) is 4.31 Å². The third kappa shape index (κ3) is 3.96. The van der Waals surface area contributed by atoms with Crippen molar-refractivity contribution in [3.8, 4) is 0 Å². The normalized spacial score (nSPS) is 21.9. The van der Waals surface area contributed by atoms with E-state index in [1.165, 1.54) is 18.2 Å². The topological polar surface area (TPSA) is 49.9 Å². The number of ether oxygens (including phenoxy) is 1. The highest BCUT2D eigenvalue weighted by molar-refractivity contribution is 7.89. The molecule has 0 atom stereocenters. The maximum absolute atomic E-state index is 13.2. The van der Waals surface area contributed by atoms with Crippen LogP contribution in [-0.4, -0.2) is 63.6 Å². The molecule has 7 heteroatoms. The van der Waals surface area contributed by atoms with Gasteiger partial charge in [-0.05, 0) is 49.4 Å². The number of sulfonamides is 1. The number of aryl methyl sites for hydroxylation is 1. The molecule has 0 amide bonds. The second-order valence-electron chi connectivity index (χ2n) is 6.67. The molecule has 2 saturated heterocycles. The van der Waals surface area contributed by atoms with Gasteiger partial charge in [0, 0.05) is 32.7 Å². The van der Waals surface area contributed by atoms with E-state index in [1.54, 1.807) is 11.2 Å². The SMILES string of the molecule is Cc1cc(F)ccc1S(=O)(=O)N1CCC(CN2CCOCC2)CC1. The Kier molecular flexibility index (Phi) is 5.54. The highest BCUT2D eigenvalue weighted by Gasteiger charge is 2.31. The van der Waals surface area contributed by atoms with Crippen LogP contribution in [0.25, 0.3) is 0 Å². The van der Waals surface area contributed by atoms with E-state index < -0.39 is 15.8 Å². The van der Waals surface area contributed by atoms with Crippen molar-refractivity contribution in [2.45, 2.75) is 24.7 Å². The Morgan fingerprint density at radius 1 is 1.17 bits per heavy atom. The standard InChI is InChI=1S/C17H25FN2O3S/c1-14-12-16(18)2-3-17(14)24(21,22)20-6-4-15(5-7-20)13-19-8-10-23-11-9-19/h2-3,12,15H,4-11,13H2,1H3. The minimum Gasteiger partial charge on any atom is -0.379 e.